The van der Waals surface area contributed by atoms with Gasteiger partial charge in [0.25, 0.3) is 5.91 Å². The van der Waals surface area contributed by atoms with E-state index in [1.165, 1.54) is 11.3 Å². The fourth-order valence-electron chi connectivity index (χ4n) is 1.18. The van der Waals surface area contributed by atoms with Crippen molar-refractivity contribution in [2.45, 2.75) is 20.4 Å². The van der Waals surface area contributed by atoms with E-state index in [0.29, 0.717) is 21.9 Å². The number of hydrogen-bond acceptors (Lipinski definition) is 8. The van der Waals surface area contributed by atoms with Crippen LogP contribution < -0.4 is 10.6 Å². The number of anilines is 1. The Balaban J connectivity index is 1.90. The second-order valence-corrected chi connectivity index (χ2v) is 4.34. The molecule has 0 saturated carbocycles. The molecule has 2 N–H and O–H groups in total. The van der Waals surface area contributed by atoms with Crippen LogP contribution in [0.2, 0.25) is 0 Å². The van der Waals surface area contributed by atoms with Crippen molar-refractivity contribution in [3.8, 4) is 0 Å². The zero-order chi connectivity index (χ0) is 13.0. The molecule has 0 spiro atoms. The summed E-state index contributed by atoms with van der Waals surface area (Å²) in [7, 11) is 0. The van der Waals surface area contributed by atoms with Gasteiger partial charge in [-0.15, -0.1) is 10.2 Å². The van der Waals surface area contributed by atoms with E-state index in [4.69, 9.17) is 4.52 Å². The number of rotatable bonds is 5. The number of nitrogens with one attached hydrogen (secondary N) is 2. The summed E-state index contributed by atoms with van der Waals surface area (Å²) in [5, 5.41) is 17.8. The van der Waals surface area contributed by atoms with Crippen molar-refractivity contribution in [3.05, 3.63) is 16.7 Å². The number of carbonyl (C=O) groups excluding carboxylic acids is 1. The Morgan fingerprint density at radius 2 is 2.28 bits per heavy atom. The summed E-state index contributed by atoms with van der Waals surface area (Å²) in [6.45, 7) is 4.56. The molecule has 0 aliphatic carbocycles. The Morgan fingerprint density at radius 3 is 2.94 bits per heavy atom. The molecule has 9 heteroatoms. The maximum absolute atomic E-state index is 11.7. The first-order valence-electron chi connectivity index (χ1n) is 5.33. The van der Waals surface area contributed by atoms with E-state index < -0.39 is 0 Å². The van der Waals surface area contributed by atoms with Gasteiger partial charge in [0, 0.05) is 6.54 Å². The first kappa shape index (κ1) is 12.4. The summed E-state index contributed by atoms with van der Waals surface area (Å²) in [4.78, 5) is 15.7. The summed E-state index contributed by atoms with van der Waals surface area (Å²) in [6, 6.07) is 0. The fourth-order valence-corrected chi connectivity index (χ4v) is 1.91. The summed E-state index contributed by atoms with van der Waals surface area (Å²) in [6.07, 6.45) is 0. The SMILES string of the molecule is CCNc1nnc(C(=O)NCc2nc(C)no2)s1. The van der Waals surface area contributed by atoms with E-state index in [1.54, 1.807) is 6.92 Å². The normalized spacial score (nSPS) is 10.3. The van der Waals surface area contributed by atoms with Crippen LogP contribution in [0.15, 0.2) is 4.52 Å². The molecule has 0 bridgehead atoms. The Morgan fingerprint density at radius 1 is 1.44 bits per heavy atom. The lowest BCUT2D eigenvalue weighted by Crippen LogP contribution is -2.22. The lowest BCUT2D eigenvalue weighted by molar-refractivity contribution is 0.0945. The van der Waals surface area contributed by atoms with Gasteiger partial charge in [0.1, 0.15) is 0 Å². The first-order valence-corrected chi connectivity index (χ1v) is 6.15. The molecule has 0 radical (unpaired) electrons. The lowest BCUT2D eigenvalue weighted by Gasteiger charge is -1.97. The van der Waals surface area contributed by atoms with Crippen LogP contribution in [0.1, 0.15) is 28.4 Å². The Labute approximate surface area is 107 Å². The number of nitrogens with zero attached hydrogens (tertiary/aromatic N) is 4. The maximum Gasteiger partial charge on any atom is 0.282 e. The van der Waals surface area contributed by atoms with Gasteiger partial charge in [-0.25, -0.2) is 0 Å². The first-order chi connectivity index (χ1) is 8.69. The van der Waals surface area contributed by atoms with Crippen LogP contribution in [-0.4, -0.2) is 32.8 Å². The minimum Gasteiger partial charge on any atom is -0.360 e. The molecule has 2 aromatic heterocycles. The lowest BCUT2D eigenvalue weighted by atomic mass is 10.5. The van der Waals surface area contributed by atoms with E-state index in [2.05, 4.69) is 31.0 Å². The smallest absolute Gasteiger partial charge is 0.282 e. The van der Waals surface area contributed by atoms with E-state index in [9.17, 15) is 4.79 Å². The van der Waals surface area contributed by atoms with Crippen LogP contribution in [0.4, 0.5) is 5.13 Å². The molecular formula is C9H12N6O2S. The van der Waals surface area contributed by atoms with Gasteiger partial charge in [-0.1, -0.05) is 16.5 Å². The number of amides is 1. The second-order valence-electron chi connectivity index (χ2n) is 3.36. The quantitative estimate of drug-likeness (QED) is 0.817. The minimum atomic E-state index is -0.312. The molecule has 1 amide bonds. The van der Waals surface area contributed by atoms with Gasteiger partial charge in [0.15, 0.2) is 5.82 Å². The fraction of sp³-hybridized carbons (Fsp3) is 0.444. The molecule has 0 saturated heterocycles. The highest BCUT2D eigenvalue weighted by atomic mass is 32.1. The van der Waals surface area contributed by atoms with Crippen molar-refractivity contribution in [2.24, 2.45) is 0 Å². The summed E-state index contributed by atoms with van der Waals surface area (Å²) < 4.78 is 4.87. The van der Waals surface area contributed by atoms with Gasteiger partial charge in [0.05, 0.1) is 6.54 Å². The molecule has 2 rings (SSSR count). The third kappa shape index (κ3) is 3.00. The van der Waals surface area contributed by atoms with Gasteiger partial charge in [-0.2, -0.15) is 4.98 Å². The van der Waals surface area contributed by atoms with Crippen molar-refractivity contribution in [2.75, 3.05) is 11.9 Å². The highest BCUT2D eigenvalue weighted by Crippen LogP contribution is 2.14. The molecular weight excluding hydrogens is 256 g/mol. The van der Waals surface area contributed by atoms with Crippen LogP contribution >= 0.6 is 11.3 Å². The zero-order valence-corrected chi connectivity index (χ0v) is 10.7. The average Bonchev–Trinajstić information content (AvgIpc) is 2.96. The molecule has 18 heavy (non-hydrogen) atoms. The maximum atomic E-state index is 11.7. The van der Waals surface area contributed by atoms with Gasteiger partial charge in [-0.3, -0.25) is 4.79 Å². The van der Waals surface area contributed by atoms with E-state index in [0.717, 1.165) is 6.54 Å². The molecule has 0 aliphatic heterocycles. The average molecular weight is 268 g/mol. The number of hydrogen-bond donors (Lipinski definition) is 2. The third-order valence-corrected chi connectivity index (χ3v) is 2.80. The van der Waals surface area contributed by atoms with Gasteiger partial charge in [-0.05, 0) is 13.8 Å². The van der Waals surface area contributed by atoms with Gasteiger partial charge >= 0.3 is 0 Å². The topological polar surface area (TPSA) is 106 Å². The molecule has 96 valence electrons. The van der Waals surface area contributed by atoms with Gasteiger partial charge < -0.3 is 15.2 Å². The van der Waals surface area contributed by atoms with Gasteiger partial charge in [0.2, 0.25) is 16.0 Å². The minimum absolute atomic E-state index is 0.176. The van der Waals surface area contributed by atoms with Crippen molar-refractivity contribution >= 4 is 22.4 Å². The third-order valence-electron chi connectivity index (χ3n) is 1.92. The highest BCUT2D eigenvalue weighted by Gasteiger charge is 2.13. The van der Waals surface area contributed by atoms with Crippen molar-refractivity contribution in [1.82, 2.24) is 25.7 Å². The second kappa shape index (κ2) is 5.54. The molecule has 0 aliphatic rings. The zero-order valence-electron chi connectivity index (χ0n) is 9.93. The summed E-state index contributed by atoms with van der Waals surface area (Å²) in [5.41, 5.74) is 0. The predicted octanol–water partition coefficient (Wildman–Crippen LogP) is 0.591. The van der Waals surface area contributed by atoms with Crippen molar-refractivity contribution in [3.63, 3.8) is 0 Å². The van der Waals surface area contributed by atoms with Crippen LogP contribution in [0.3, 0.4) is 0 Å². The molecule has 0 fully saturated rings. The van der Waals surface area contributed by atoms with Crippen molar-refractivity contribution < 1.29 is 9.32 Å². The van der Waals surface area contributed by atoms with E-state index in [-0.39, 0.29) is 12.5 Å². The Hall–Kier alpha value is -2.03. The van der Waals surface area contributed by atoms with Crippen LogP contribution in [0.5, 0.6) is 0 Å². The molecule has 0 aromatic carbocycles. The van der Waals surface area contributed by atoms with Crippen LogP contribution in [-0.2, 0) is 6.54 Å². The summed E-state index contributed by atoms with van der Waals surface area (Å²) in [5.74, 6) is 0.578. The van der Waals surface area contributed by atoms with Crippen LogP contribution in [0.25, 0.3) is 0 Å². The Bertz CT molecular complexity index is 537. The number of aromatic nitrogens is 4. The monoisotopic (exact) mass is 268 g/mol. The summed E-state index contributed by atoms with van der Waals surface area (Å²) >= 11 is 1.19. The number of carbonyl (C=O) groups is 1. The molecule has 2 heterocycles. The molecule has 8 nitrogen and oxygen atoms in total. The molecule has 0 unspecified atom stereocenters. The molecule has 2 aromatic rings. The Kier molecular flexibility index (Phi) is 3.82. The highest BCUT2D eigenvalue weighted by molar-refractivity contribution is 7.17. The van der Waals surface area contributed by atoms with Crippen molar-refractivity contribution in [1.29, 1.82) is 0 Å². The molecule has 0 atom stereocenters. The standard InChI is InChI=1S/C9H12N6O2S/c1-3-10-9-14-13-8(18-9)7(16)11-4-6-12-5(2)15-17-6/h3-4H2,1-2H3,(H,10,14)(H,11,16). The van der Waals surface area contributed by atoms with E-state index in [1.807, 2.05) is 6.92 Å². The largest absolute Gasteiger partial charge is 0.360 e. The van der Waals surface area contributed by atoms with Crippen LogP contribution in [0, 0.1) is 6.92 Å². The number of aryl methyl sites for hydroxylation is 1. The predicted molar refractivity (Wildman–Crippen MR) is 64.3 cm³/mol. The van der Waals surface area contributed by atoms with E-state index >= 15 is 0 Å².